The van der Waals surface area contributed by atoms with Gasteiger partial charge >= 0.3 is 0 Å². The van der Waals surface area contributed by atoms with Gasteiger partial charge in [0.05, 0.1) is 6.21 Å². The minimum absolute atomic E-state index is 0.141. The van der Waals surface area contributed by atoms with Crippen LogP contribution in [0.1, 0.15) is 16.8 Å². The summed E-state index contributed by atoms with van der Waals surface area (Å²) >= 11 is 0. The molecular formula is C19H18N4O2. The molecule has 3 aromatic rings. The number of pyridine rings is 2. The average molecular weight is 334 g/mol. The molecule has 6 heteroatoms. The predicted molar refractivity (Wildman–Crippen MR) is 97.7 cm³/mol. The van der Waals surface area contributed by atoms with Crippen LogP contribution in [0.3, 0.4) is 0 Å². The van der Waals surface area contributed by atoms with E-state index < -0.39 is 0 Å². The molecule has 0 aliphatic carbocycles. The molecule has 0 atom stereocenters. The molecular weight excluding hydrogens is 316 g/mol. The zero-order chi connectivity index (χ0) is 17.8. The Morgan fingerprint density at radius 3 is 2.72 bits per heavy atom. The summed E-state index contributed by atoms with van der Waals surface area (Å²) in [6.45, 7) is 3.67. The zero-order valence-corrected chi connectivity index (χ0v) is 14.1. The third-order valence-corrected chi connectivity index (χ3v) is 3.79. The first-order valence-electron chi connectivity index (χ1n) is 7.89. The minimum atomic E-state index is -0.386. The van der Waals surface area contributed by atoms with Gasteiger partial charge in [-0.25, -0.2) is 10.4 Å². The summed E-state index contributed by atoms with van der Waals surface area (Å²) in [6, 6.07) is 14.6. The van der Waals surface area contributed by atoms with Gasteiger partial charge in [0.2, 0.25) is 0 Å². The molecule has 6 nitrogen and oxygen atoms in total. The molecule has 0 bridgehead atoms. The highest BCUT2D eigenvalue weighted by Crippen LogP contribution is 2.15. The molecule has 1 amide bonds. The van der Waals surface area contributed by atoms with Crippen molar-refractivity contribution in [3.8, 4) is 0 Å². The number of nitrogens with zero attached hydrogens (tertiary/aromatic N) is 3. The standard InChI is InChI=1S/C19H18N4O2/c1-13-10-14(2)21-19-16(13)8-9-18(25)23(19)12-17(24)22-20-11-15-6-4-3-5-7-15/h3-11H,12H2,1-2H3,(H,22,24). The first-order valence-corrected chi connectivity index (χ1v) is 7.89. The van der Waals surface area contributed by atoms with Gasteiger partial charge in [0, 0.05) is 17.1 Å². The van der Waals surface area contributed by atoms with Crippen molar-refractivity contribution in [2.24, 2.45) is 5.10 Å². The van der Waals surface area contributed by atoms with Crippen LogP contribution in [0.2, 0.25) is 0 Å². The summed E-state index contributed by atoms with van der Waals surface area (Å²) in [4.78, 5) is 28.8. The Balaban J connectivity index is 1.83. The van der Waals surface area contributed by atoms with Crippen LogP contribution in [-0.2, 0) is 11.3 Å². The molecule has 3 rings (SSSR count). The predicted octanol–water partition coefficient (Wildman–Crippen LogP) is 2.16. The van der Waals surface area contributed by atoms with E-state index in [2.05, 4.69) is 15.5 Å². The lowest BCUT2D eigenvalue weighted by atomic mass is 10.1. The van der Waals surface area contributed by atoms with E-state index in [0.29, 0.717) is 5.65 Å². The molecule has 0 spiro atoms. The molecule has 0 saturated heterocycles. The quantitative estimate of drug-likeness (QED) is 0.587. The lowest BCUT2D eigenvalue weighted by Gasteiger charge is -2.10. The molecule has 0 aliphatic rings. The van der Waals surface area contributed by atoms with Crippen LogP contribution in [-0.4, -0.2) is 21.7 Å². The Morgan fingerprint density at radius 2 is 1.96 bits per heavy atom. The number of carbonyl (C=O) groups excluding carboxylic acids is 1. The maximum Gasteiger partial charge on any atom is 0.260 e. The summed E-state index contributed by atoms with van der Waals surface area (Å²) in [5.41, 5.74) is 5.36. The summed E-state index contributed by atoms with van der Waals surface area (Å²) in [7, 11) is 0. The third-order valence-electron chi connectivity index (χ3n) is 3.79. The lowest BCUT2D eigenvalue weighted by Crippen LogP contribution is -2.30. The van der Waals surface area contributed by atoms with Gasteiger partial charge in [-0.15, -0.1) is 0 Å². The molecule has 0 aliphatic heterocycles. The monoisotopic (exact) mass is 334 g/mol. The van der Waals surface area contributed by atoms with Crippen LogP contribution in [0.4, 0.5) is 0 Å². The highest BCUT2D eigenvalue weighted by Gasteiger charge is 2.10. The molecule has 1 aromatic carbocycles. The van der Waals surface area contributed by atoms with Crippen molar-refractivity contribution < 1.29 is 4.79 Å². The molecule has 1 N–H and O–H groups in total. The number of hydrazone groups is 1. The normalized spacial score (nSPS) is 11.1. The van der Waals surface area contributed by atoms with Gasteiger partial charge < -0.3 is 0 Å². The fourth-order valence-corrected chi connectivity index (χ4v) is 2.64. The number of hydrogen-bond acceptors (Lipinski definition) is 4. The van der Waals surface area contributed by atoms with Crippen molar-refractivity contribution in [1.29, 1.82) is 0 Å². The molecule has 0 saturated carbocycles. The van der Waals surface area contributed by atoms with Crippen LogP contribution in [0.25, 0.3) is 11.0 Å². The number of fused-ring (bicyclic) bond motifs is 1. The van der Waals surface area contributed by atoms with Crippen molar-refractivity contribution in [3.63, 3.8) is 0 Å². The second-order valence-electron chi connectivity index (χ2n) is 5.78. The molecule has 2 aromatic heterocycles. The van der Waals surface area contributed by atoms with E-state index in [1.807, 2.05) is 50.2 Å². The van der Waals surface area contributed by atoms with Gasteiger partial charge in [-0.1, -0.05) is 30.3 Å². The van der Waals surface area contributed by atoms with E-state index in [-0.39, 0.29) is 18.0 Å². The van der Waals surface area contributed by atoms with Crippen molar-refractivity contribution in [2.75, 3.05) is 0 Å². The van der Waals surface area contributed by atoms with Gasteiger partial charge in [-0.3, -0.25) is 14.2 Å². The second kappa shape index (κ2) is 7.09. The van der Waals surface area contributed by atoms with Crippen LogP contribution < -0.4 is 11.0 Å². The highest BCUT2D eigenvalue weighted by atomic mass is 16.2. The van der Waals surface area contributed by atoms with Crippen LogP contribution in [0, 0.1) is 13.8 Å². The summed E-state index contributed by atoms with van der Waals surface area (Å²) in [5.74, 6) is -0.386. The highest BCUT2D eigenvalue weighted by molar-refractivity contribution is 5.84. The Labute approximate surface area is 144 Å². The number of rotatable bonds is 4. The van der Waals surface area contributed by atoms with Crippen LogP contribution in [0.5, 0.6) is 0 Å². The number of benzene rings is 1. The lowest BCUT2D eigenvalue weighted by molar-refractivity contribution is -0.121. The molecule has 2 heterocycles. The Hall–Kier alpha value is -3.28. The van der Waals surface area contributed by atoms with E-state index in [0.717, 1.165) is 22.2 Å². The maximum absolute atomic E-state index is 12.2. The van der Waals surface area contributed by atoms with Gasteiger partial charge in [0.15, 0.2) is 0 Å². The fourth-order valence-electron chi connectivity index (χ4n) is 2.64. The molecule has 126 valence electrons. The maximum atomic E-state index is 12.2. The molecule has 0 radical (unpaired) electrons. The third kappa shape index (κ3) is 3.80. The first-order chi connectivity index (χ1) is 12.0. The van der Waals surface area contributed by atoms with Crippen molar-refractivity contribution >= 4 is 23.2 Å². The van der Waals surface area contributed by atoms with E-state index in [9.17, 15) is 9.59 Å². The number of carbonyl (C=O) groups is 1. The molecule has 25 heavy (non-hydrogen) atoms. The zero-order valence-electron chi connectivity index (χ0n) is 14.1. The van der Waals surface area contributed by atoms with E-state index >= 15 is 0 Å². The van der Waals surface area contributed by atoms with Crippen LogP contribution >= 0.6 is 0 Å². The Kier molecular flexibility index (Phi) is 4.70. The number of nitrogens with one attached hydrogen (secondary N) is 1. The molecule has 0 fully saturated rings. The van der Waals surface area contributed by atoms with Gasteiger partial charge in [-0.05, 0) is 37.1 Å². The van der Waals surface area contributed by atoms with Crippen molar-refractivity contribution in [3.05, 3.63) is 75.7 Å². The minimum Gasteiger partial charge on any atom is -0.283 e. The van der Waals surface area contributed by atoms with Gasteiger partial charge in [0.25, 0.3) is 11.5 Å². The Morgan fingerprint density at radius 1 is 1.20 bits per heavy atom. The smallest absolute Gasteiger partial charge is 0.260 e. The van der Waals surface area contributed by atoms with Gasteiger partial charge in [0.1, 0.15) is 12.2 Å². The summed E-state index contributed by atoms with van der Waals surface area (Å²) in [6.07, 6.45) is 1.55. The van der Waals surface area contributed by atoms with E-state index in [1.54, 1.807) is 12.3 Å². The average Bonchev–Trinajstić information content (AvgIpc) is 2.58. The van der Waals surface area contributed by atoms with Crippen molar-refractivity contribution in [1.82, 2.24) is 15.0 Å². The molecule has 0 unspecified atom stereocenters. The first kappa shape index (κ1) is 16.6. The number of hydrogen-bond donors (Lipinski definition) is 1. The number of amides is 1. The largest absolute Gasteiger partial charge is 0.283 e. The number of aromatic nitrogens is 2. The topological polar surface area (TPSA) is 76.3 Å². The SMILES string of the molecule is Cc1cc(C)c2ccc(=O)n(CC(=O)NN=Cc3ccccc3)c2n1. The van der Waals surface area contributed by atoms with Crippen molar-refractivity contribution in [2.45, 2.75) is 20.4 Å². The summed E-state index contributed by atoms with van der Waals surface area (Å²) < 4.78 is 1.36. The Bertz CT molecular complexity index is 1010. The summed E-state index contributed by atoms with van der Waals surface area (Å²) in [5, 5.41) is 4.77. The van der Waals surface area contributed by atoms with Crippen LogP contribution in [0.15, 0.2) is 58.4 Å². The fraction of sp³-hybridized carbons (Fsp3) is 0.158. The number of aryl methyl sites for hydroxylation is 2. The van der Waals surface area contributed by atoms with E-state index in [4.69, 9.17) is 0 Å². The van der Waals surface area contributed by atoms with Gasteiger partial charge in [-0.2, -0.15) is 5.10 Å². The van der Waals surface area contributed by atoms with E-state index in [1.165, 1.54) is 10.6 Å². The second-order valence-corrected chi connectivity index (χ2v) is 5.78.